The van der Waals surface area contributed by atoms with Crippen molar-refractivity contribution in [2.24, 2.45) is 0 Å². The first kappa shape index (κ1) is 15.2. The fourth-order valence-electron chi connectivity index (χ4n) is 2.77. The van der Waals surface area contributed by atoms with Crippen LogP contribution in [-0.2, 0) is 6.54 Å². The third-order valence-electron chi connectivity index (χ3n) is 3.99. The Balaban J connectivity index is 1.90. The molecule has 0 aliphatic rings. The Bertz CT molecular complexity index is 1100. The van der Waals surface area contributed by atoms with Crippen molar-refractivity contribution in [2.75, 3.05) is 0 Å². The molecule has 0 atom stereocenters. The number of benzene rings is 1. The van der Waals surface area contributed by atoms with Gasteiger partial charge >= 0.3 is 0 Å². The minimum absolute atomic E-state index is 0.258. The van der Waals surface area contributed by atoms with Crippen molar-refractivity contribution in [3.63, 3.8) is 0 Å². The number of fused-ring (bicyclic) bond motifs is 1. The van der Waals surface area contributed by atoms with Gasteiger partial charge in [-0.05, 0) is 42.8 Å². The van der Waals surface area contributed by atoms with Crippen LogP contribution in [0.4, 0.5) is 4.39 Å². The van der Waals surface area contributed by atoms with Crippen LogP contribution in [0, 0.1) is 12.7 Å². The number of halogens is 1. The van der Waals surface area contributed by atoms with E-state index in [-0.39, 0.29) is 11.4 Å². The molecule has 3 heterocycles. The first-order valence-electron chi connectivity index (χ1n) is 7.74. The summed E-state index contributed by atoms with van der Waals surface area (Å²) in [5, 5.41) is 9.35. The fourth-order valence-corrected chi connectivity index (χ4v) is 2.77. The van der Waals surface area contributed by atoms with Crippen molar-refractivity contribution in [2.45, 2.75) is 13.5 Å². The number of rotatable bonds is 3. The van der Waals surface area contributed by atoms with E-state index in [1.54, 1.807) is 30.7 Å². The highest BCUT2D eigenvalue weighted by Crippen LogP contribution is 2.17. The van der Waals surface area contributed by atoms with Crippen molar-refractivity contribution >= 4 is 10.9 Å². The lowest BCUT2D eigenvalue weighted by Gasteiger charge is -2.08. The Kier molecular flexibility index (Phi) is 3.61. The number of hydrogen-bond acceptors (Lipinski definition) is 4. The highest BCUT2D eigenvalue weighted by atomic mass is 19.1. The van der Waals surface area contributed by atoms with Gasteiger partial charge in [0.05, 0.1) is 24.1 Å². The summed E-state index contributed by atoms with van der Waals surface area (Å²) in [4.78, 5) is 17.0. The lowest BCUT2D eigenvalue weighted by Crippen LogP contribution is -2.26. The molecule has 3 aromatic heterocycles. The molecular formula is C18H14FN5O. The Morgan fingerprint density at radius 3 is 2.64 bits per heavy atom. The van der Waals surface area contributed by atoms with Gasteiger partial charge in [-0.25, -0.2) is 13.8 Å². The van der Waals surface area contributed by atoms with Crippen LogP contribution in [0.1, 0.15) is 11.3 Å². The summed E-state index contributed by atoms with van der Waals surface area (Å²) in [6, 6.07) is 9.55. The molecule has 0 aliphatic carbocycles. The van der Waals surface area contributed by atoms with E-state index in [2.05, 4.69) is 15.2 Å². The van der Waals surface area contributed by atoms with Gasteiger partial charge < -0.3 is 0 Å². The minimum atomic E-state index is -0.341. The molecule has 0 spiro atoms. The van der Waals surface area contributed by atoms with E-state index in [0.29, 0.717) is 28.8 Å². The zero-order chi connectivity index (χ0) is 17.4. The molecule has 7 heteroatoms. The SMILES string of the molecule is Cc1nn(Cc2cccnc2)c(=O)c2c1cnn2-c1ccc(F)cc1. The predicted molar refractivity (Wildman–Crippen MR) is 91.2 cm³/mol. The molecule has 4 rings (SSSR count). The van der Waals surface area contributed by atoms with Crippen molar-refractivity contribution < 1.29 is 4.39 Å². The summed E-state index contributed by atoms with van der Waals surface area (Å²) in [5.41, 5.74) is 2.36. The highest BCUT2D eigenvalue weighted by Gasteiger charge is 2.15. The fraction of sp³-hybridized carbons (Fsp3) is 0.111. The molecule has 0 saturated heterocycles. The molecular weight excluding hydrogens is 321 g/mol. The molecule has 6 nitrogen and oxygen atoms in total. The molecule has 0 amide bonds. The van der Waals surface area contributed by atoms with Crippen LogP contribution in [0.25, 0.3) is 16.6 Å². The van der Waals surface area contributed by atoms with Crippen LogP contribution in [-0.4, -0.2) is 24.5 Å². The summed E-state index contributed by atoms with van der Waals surface area (Å²) in [6.07, 6.45) is 4.99. The molecule has 0 aliphatic heterocycles. The van der Waals surface area contributed by atoms with Crippen LogP contribution in [0.15, 0.2) is 59.8 Å². The van der Waals surface area contributed by atoms with E-state index in [4.69, 9.17) is 0 Å². The van der Waals surface area contributed by atoms with Crippen molar-refractivity contribution in [1.82, 2.24) is 24.5 Å². The Morgan fingerprint density at radius 2 is 1.92 bits per heavy atom. The second-order valence-corrected chi connectivity index (χ2v) is 5.70. The van der Waals surface area contributed by atoms with Gasteiger partial charge in [0.2, 0.25) is 0 Å². The molecule has 25 heavy (non-hydrogen) atoms. The second kappa shape index (κ2) is 5.94. The van der Waals surface area contributed by atoms with Gasteiger partial charge in [-0.1, -0.05) is 6.07 Å². The Hall–Kier alpha value is -3.35. The van der Waals surface area contributed by atoms with Gasteiger partial charge in [-0.3, -0.25) is 9.78 Å². The molecule has 0 N–H and O–H groups in total. The van der Waals surface area contributed by atoms with Crippen LogP contribution in [0.3, 0.4) is 0 Å². The summed E-state index contributed by atoms with van der Waals surface area (Å²) in [5.74, 6) is -0.341. The average Bonchev–Trinajstić information content (AvgIpc) is 3.07. The summed E-state index contributed by atoms with van der Waals surface area (Å²) in [6.45, 7) is 2.15. The number of nitrogens with zero attached hydrogens (tertiary/aromatic N) is 5. The number of pyridine rings is 1. The van der Waals surface area contributed by atoms with Crippen LogP contribution in [0.5, 0.6) is 0 Å². The first-order chi connectivity index (χ1) is 12.1. The largest absolute Gasteiger partial charge is 0.293 e. The second-order valence-electron chi connectivity index (χ2n) is 5.70. The lowest BCUT2D eigenvalue weighted by atomic mass is 10.2. The van der Waals surface area contributed by atoms with E-state index in [1.165, 1.54) is 21.5 Å². The monoisotopic (exact) mass is 335 g/mol. The maximum atomic E-state index is 13.2. The van der Waals surface area contributed by atoms with Crippen LogP contribution in [0.2, 0.25) is 0 Å². The van der Waals surface area contributed by atoms with E-state index in [1.807, 2.05) is 19.1 Å². The predicted octanol–water partition coefficient (Wildman–Crippen LogP) is 2.47. The summed E-state index contributed by atoms with van der Waals surface area (Å²) < 4.78 is 16.1. The van der Waals surface area contributed by atoms with Gasteiger partial charge in [0.25, 0.3) is 5.56 Å². The molecule has 124 valence electrons. The van der Waals surface area contributed by atoms with Crippen LogP contribution >= 0.6 is 0 Å². The summed E-state index contributed by atoms with van der Waals surface area (Å²) >= 11 is 0. The number of hydrogen-bond donors (Lipinski definition) is 0. The van der Waals surface area contributed by atoms with E-state index in [0.717, 1.165) is 5.56 Å². The Morgan fingerprint density at radius 1 is 1.12 bits per heavy atom. The molecule has 0 unspecified atom stereocenters. The highest BCUT2D eigenvalue weighted by molar-refractivity contribution is 5.81. The maximum Gasteiger partial charge on any atom is 0.293 e. The van der Waals surface area contributed by atoms with Crippen molar-refractivity contribution in [1.29, 1.82) is 0 Å². The average molecular weight is 335 g/mol. The first-order valence-corrected chi connectivity index (χ1v) is 7.74. The lowest BCUT2D eigenvalue weighted by molar-refractivity contribution is 0.626. The number of aryl methyl sites for hydroxylation is 1. The molecule has 0 fully saturated rings. The van der Waals surface area contributed by atoms with Gasteiger partial charge in [-0.15, -0.1) is 0 Å². The van der Waals surface area contributed by atoms with E-state index < -0.39 is 0 Å². The van der Waals surface area contributed by atoms with Gasteiger partial charge in [0.15, 0.2) is 0 Å². The zero-order valence-corrected chi connectivity index (χ0v) is 13.4. The van der Waals surface area contributed by atoms with Gasteiger partial charge in [0.1, 0.15) is 11.3 Å². The zero-order valence-electron chi connectivity index (χ0n) is 13.4. The smallest absolute Gasteiger partial charge is 0.265 e. The topological polar surface area (TPSA) is 65.6 Å². The molecule has 0 saturated carbocycles. The maximum absolute atomic E-state index is 13.2. The van der Waals surface area contributed by atoms with Crippen molar-refractivity contribution in [3.05, 3.63) is 82.4 Å². The quantitative estimate of drug-likeness (QED) is 0.577. The molecule has 4 aromatic rings. The molecule has 0 radical (unpaired) electrons. The van der Waals surface area contributed by atoms with Crippen molar-refractivity contribution in [3.8, 4) is 5.69 Å². The molecule has 1 aromatic carbocycles. The third kappa shape index (κ3) is 2.69. The van der Waals surface area contributed by atoms with E-state index >= 15 is 0 Å². The normalized spacial score (nSPS) is 11.1. The van der Waals surface area contributed by atoms with Gasteiger partial charge in [0, 0.05) is 17.8 Å². The Labute approximate surface area is 142 Å². The third-order valence-corrected chi connectivity index (χ3v) is 3.99. The molecule has 0 bridgehead atoms. The standard InChI is InChI=1S/C18H14FN5O/c1-12-16-10-21-24(15-6-4-14(19)5-7-15)17(16)18(25)23(22-12)11-13-3-2-8-20-9-13/h2-10H,11H2,1H3. The summed E-state index contributed by atoms with van der Waals surface area (Å²) in [7, 11) is 0. The van der Waals surface area contributed by atoms with Crippen LogP contribution < -0.4 is 5.56 Å². The van der Waals surface area contributed by atoms with Gasteiger partial charge in [-0.2, -0.15) is 10.2 Å². The minimum Gasteiger partial charge on any atom is -0.265 e. The van der Waals surface area contributed by atoms with E-state index in [9.17, 15) is 9.18 Å². The number of aromatic nitrogens is 5.